The summed E-state index contributed by atoms with van der Waals surface area (Å²) >= 11 is 2.00. The smallest absolute Gasteiger partial charge is 0.228 e. The van der Waals surface area contributed by atoms with Gasteiger partial charge in [0.2, 0.25) is 5.91 Å². The Morgan fingerprint density at radius 3 is 2.47 bits per heavy atom. The van der Waals surface area contributed by atoms with Crippen LogP contribution < -0.4 is 0 Å². The summed E-state index contributed by atoms with van der Waals surface area (Å²) in [6, 6.07) is 0. The molecule has 0 spiro atoms. The molecule has 0 N–H and O–H groups in total. The summed E-state index contributed by atoms with van der Waals surface area (Å²) in [6.45, 7) is 6.28. The van der Waals surface area contributed by atoms with E-state index in [1.807, 2.05) is 11.8 Å². The van der Waals surface area contributed by atoms with Crippen LogP contribution in [-0.2, 0) is 9.53 Å². The van der Waals surface area contributed by atoms with Gasteiger partial charge >= 0.3 is 0 Å². The third kappa shape index (κ3) is 2.22. The molecule has 96 valence electrons. The van der Waals surface area contributed by atoms with Crippen molar-refractivity contribution in [2.24, 2.45) is 5.92 Å². The lowest BCUT2D eigenvalue weighted by Crippen LogP contribution is -2.48. The molecule has 3 rings (SSSR count). The van der Waals surface area contributed by atoms with Gasteiger partial charge in [-0.2, -0.15) is 11.8 Å². The van der Waals surface area contributed by atoms with E-state index in [9.17, 15) is 4.79 Å². The molecule has 17 heavy (non-hydrogen) atoms. The molecular formula is C13H21NO2S. The second kappa shape index (κ2) is 4.47. The van der Waals surface area contributed by atoms with Crippen molar-refractivity contribution in [3.63, 3.8) is 0 Å². The van der Waals surface area contributed by atoms with Crippen LogP contribution in [0.2, 0.25) is 0 Å². The Morgan fingerprint density at radius 1 is 1.24 bits per heavy atom. The standard InChI is InChI=1S/C13H21NO2S/c1-8-6-14(7-9(2)17-8)13(15)11-5-10-3-4-12(11)16-10/h8-12H,3-7H2,1-2H3. The maximum Gasteiger partial charge on any atom is 0.228 e. The van der Waals surface area contributed by atoms with E-state index in [0.29, 0.717) is 22.5 Å². The first kappa shape index (κ1) is 11.8. The lowest BCUT2D eigenvalue weighted by atomic mass is 9.88. The maximum absolute atomic E-state index is 12.5. The highest BCUT2D eigenvalue weighted by Crippen LogP contribution is 2.40. The summed E-state index contributed by atoms with van der Waals surface area (Å²) in [4.78, 5) is 14.6. The Balaban J connectivity index is 1.65. The number of nitrogens with zero attached hydrogens (tertiary/aromatic N) is 1. The normalized spacial score (nSPS) is 45.3. The number of rotatable bonds is 1. The molecule has 1 amide bonds. The van der Waals surface area contributed by atoms with E-state index in [-0.39, 0.29) is 12.0 Å². The average Bonchev–Trinajstić information content (AvgIpc) is 2.88. The highest BCUT2D eigenvalue weighted by molar-refractivity contribution is 8.00. The zero-order valence-corrected chi connectivity index (χ0v) is 11.4. The molecule has 0 aliphatic carbocycles. The maximum atomic E-state index is 12.5. The first-order valence-electron chi connectivity index (χ1n) is 6.73. The van der Waals surface area contributed by atoms with Gasteiger partial charge in [-0.05, 0) is 19.3 Å². The van der Waals surface area contributed by atoms with Gasteiger partial charge in [-0.15, -0.1) is 0 Å². The lowest BCUT2D eigenvalue weighted by Gasteiger charge is -2.37. The van der Waals surface area contributed by atoms with Gasteiger partial charge in [0.25, 0.3) is 0 Å². The third-order valence-corrected chi connectivity index (χ3v) is 5.38. The molecule has 0 aromatic heterocycles. The fourth-order valence-electron chi connectivity index (χ4n) is 3.49. The molecule has 0 aromatic rings. The van der Waals surface area contributed by atoms with Crippen molar-refractivity contribution >= 4 is 17.7 Å². The zero-order chi connectivity index (χ0) is 12.0. The minimum atomic E-state index is 0.163. The van der Waals surface area contributed by atoms with E-state index in [1.54, 1.807) is 0 Å². The van der Waals surface area contributed by atoms with Crippen LogP contribution in [0.3, 0.4) is 0 Å². The van der Waals surface area contributed by atoms with E-state index in [1.165, 1.54) is 0 Å². The molecule has 3 saturated heterocycles. The van der Waals surface area contributed by atoms with Gasteiger partial charge in [0.05, 0.1) is 18.1 Å². The fourth-order valence-corrected chi connectivity index (χ4v) is 4.82. The summed E-state index contributed by atoms with van der Waals surface area (Å²) in [5, 5.41) is 1.14. The number of hydrogen-bond acceptors (Lipinski definition) is 3. The van der Waals surface area contributed by atoms with Gasteiger partial charge in [0.1, 0.15) is 0 Å². The predicted octanol–water partition coefficient (Wildman–Crippen LogP) is 1.91. The molecule has 5 unspecified atom stereocenters. The largest absolute Gasteiger partial charge is 0.374 e. The van der Waals surface area contributed by atoms with Gasteiger partial charge in [-0.3, -0.25) is 4.79 Å². The molecule has 2 bridgehead atoms. The van der Waals surface area contributed by atoms with Crippen molar-refractivity contribution in [3.05, 3.63) is 0 Å². The Kier molecular flexibility index (Phi) is 3.11. The summed E-state index contributed by atoms with van der Waals surface area (Å²) in [7, 11) is 0. The number of thioether (sulfide) groups is 1. The zero-order valence-electron chi connectivity index (χ0n) is 10.6. The molecule has 3 nitrogen and oxygen atoms in total. The lowest BCUT2D eigenvalue weighted by molar-refractivity contribution is -0.137. The molecular weight excluding hydrogens is 234 g/mol. The SMILES string of the molecule is CC1CN(C(=O)C2CC3CCC2O3)CC(C)S1. The number of amides is 1. The fraction of sp³-hybridized carbons (Fsp3) is 0.923. The number of carbonyl (C=O) groups is 1. The van der Waals surface area contributed by atoms with E-state index in [0.717, 1.165) is 32.4 Å². The number of ether oxygens (including phenoxy) is 1. The van der Waals surface area contributed by atoms with Crippen molar-refractivity contribution in [1.82, 2.24) is 4.90 Å². The Morgan fingerprint density at radius 2 is 1.94 bits per heavy atom. The van der Waals surface area contributed by atoms with Gasteiger partial charge in [-0.25, -0.2) is 0 Å². The first-order chi connectivity index (χ1) is 8.13. The molecule has 3 aliphatic heterocycles. The number of carbonyl (C=O) groups excluding carboxylic acids is 1. The van der Waals surface area contributed by atoms with Crippen LogP contribution in [0.1, 0.15) is 33.1 Å². The highest BCUT2D eigenvalue weighted by Gasteiger charge is 2.46. The number of hydrogen-bond donors (Lipinski definition) is 0. The van der Waals surface area contributed by atoms with Crippen LogP contribution >= 0.6 is 11.8 Å². The van der Waals surface area contributed by atoms with Crippen LogP contribution in [0, 0.1) is 5.92 Å². The molecule has 5 atom stereocenters. The van der Waals surface area contributed by atoms with Crippen molar-refractivity contribution in [2.45, 2.75) is 55.8 Å². The minimum absolute atomic E-state index is 0.163. The Labute approximate surface area is 107 Å². The van der Waals surface area contributed by atoms with E-state index in [2.05, 4.69) is 18.7 Å². The topological polar surface area (TPSA) is 29.5 Å². The van der Waals surface area contributed by atoms with E-state index >= 15 is 0 Å². The second-order valence-electron chi connectivity index (χ2n) is 5.72. The monoisotopic (exact) mass is 255 g/mol. The van der Waals surface area contributed by atoms with Crippen LogP contribution in [0.15, 0.2) is 0 Å². The first-order valence-corrected chi connectivity index (χ1v) is 7.67. The highest BCUT2D eigenvalue weighted by atomic mass is 32.2. The Hall–Kier alpha value is -0.220. The van der Waals surface area contributed by atoms with Crippen molar-refractivity contribution in [1.29, 1.82) is 0 Å². The van der Waals surface area contributed by atoms with Crippen LogP contribution in [0.25, 0.3) is 0 Å². The van der Waals surface area contributed by atoms with Gasteiger partial charge in [-0.1, -0.05) is 13.8 Å². The summed E-state index contributed by atoms with van der Waals surface area (Å²) in [5.74, 6) is 0.521. The summed E-state index contributed by atoms with van der Waals surface area (Å²) in [6.07, 6.45) is 3.83. The van der Waals surface area contributed by atoms with Crippen molar-refractivity contribution in [3.8, 4) is 0 Å². The molecule has 3 heterocycles. The third-order valence-electron chi connectivity index (χ3n) is 4.15. The quantitative estimate of drug-likeness (QED) is 0.717. The average molecular weight is 255 g/mol. The van der Waals surface area contributed by atoms with Crippen LogP contribution in [0.4, 0.5) is 0 Å². The number of fused-ring (bicyclic) bond motifs is 2. The predicted molar refractivity (Wildman–Crippen MR) is 69.1 cm³/mol. The van der Waals surface area contributed by atoms with Gasteiger partial charge < -0.3 is 9.64 Å². The molecule has 0 saturated carbocycles. The van der Waals surface area contributed by atoms with Crippen molar-refractivity contribution < 1.29 is 9.53 Å². The van der Waals surface area contributed by atoms with E-state index < -0.39 is 0 Å². The molecule has 4 heteroatoms. The van der Waals surface area contributed by atoms with E-state index in [4.69, 9.17) is 4.74 Å². The van der Waals surface area contributed by atoms with Crippen LogP contribution in [0.5, 0.6) is 0 Å². The molecule has 3 fully saturated rings. The van der Waals surface area contributed by atoms with Gasteiger partial charge in [0, 0.05) is 23.6 Å². The molecule has 3 aliphatic rings. The minimum Gasteiger partial charge on any atom is -0.374 e. The van der Waals surface area contributed by atoms with Crippen molar-refractivity contribution in [2.75, 3.05) is 13.1 Å². The summed E-state index contributed by atoms with van der Waals surface area (Å²) < 4.78 is 5.80. The van der Waals surface area contributed by atoms with Gasteiger partial charge in [0.15, 0.2) is 0 Å². The molecule has 0 radical (unpaired) electrons. The second-order valence-corrected chi connectivity index (χ2v) is 7.60. The van der Waals surface area contributed by atoms with Crippen LogP contribution in [-0.4, -0.2) is 46.6 Å². The summed E-state index contributed by atoms with van der Waals surface area (Å²) in [5.41, 5.74) is 0. The Bertz CT molecular complexity index is 313. The molecule has 0 aromatic carbocycles.